The Labute approximate surface area is 108 Å². The van der Waals surface area contributed by atoms with Gasteiger partial charge in [0.2, 0.25) is 0 Å². The lowest BCUT2D eigenvalue weighted by Crippen LogP contribution is -2.59. The molecule has 1 aromatic heterocycles. The number of anilines is 1. The molecular formula is C14H22N4. The van der Waals surface area contributed by atoms with E-state index in [2.05, 4.69) is 9.88 Å². The van der Waals surface area contributed by atoms with E-state index in [1.807, 2.05) is 18.3 Å². The molecule has 4 nitrogen and oxygen atoms in total. The molecule has 0 atom stereocenters. The molecule has 1 saturated carbocycles. The minimum atomic E-state index is 0.411. The number of nitrogens with two attached hydrogens (primary N) is 2. The lowest BCUT2D eigenvalue weighted by molar-refractivity contribution is 0.0677. The van der Waals surface area contributed by atoms with Gasteiger partial charge >= 0.3 is 0 Å². The molecule has 2 heterocycles. The fourth-order valence-electron chi connectivity index (χ4n) is 3.33. The van der Waals surface area contributed by atoms with Crippen molar-refractivity contribution in [3.05, 3.63) is 24.0 Å². The average molecular weight is 246 g/mol. The molecule has 2 aliphatic rings. The van der Waals surface area contributed by atoms with E-state index in [1.165, 1.54) is 25.7 Å². The van der Waals surface area contributed by atoms with Gasteiger partial charge in [-0.25, -0.2) is 0 Å². The highest BCUT2D eigenvalue weighted by molar-refractivity contribution is 5.44. The minimum absolute atomic E-state index is 0.411. The molecule has 1 saturated heterocycles. The monoisotopic (exact) mass is 246 g/mol. The summed E-state index contributed by atoms with van der Waals surface area (Å²) in [7, 11) is 0. The summed E-state index contributed by atoms with van der Waals surface area (Å²) >= 11 is 0. The largest absolute Gasteiger partial charge is 0.397 e. The number of nitrogens with zero attached hydrogens (tertiary/aromatic N) is 2. The van der Waals surface area contributed by atoms with E-state index in [9.17, 15) is 0 Å². The third-order valence-corrected chi connectivity index (χ3v) is 4.41. The standard InChI is InChI=1S/C14H22N4/c15-11-8-18(9-11)12-5-3-10(4-6-12)14-13(16)2-1-7-17-14/h1-2,7,10-12H,3-6,8-9,15-16H2. The first-order valence-corrected chi connectivity index (χ1v) is 6.94. The Morgan fingerprint density at radius 3 is 2.50 bits per heavy atom. The Morgan fingerprint density at radius 2 is 1.89 bits per heavy atom. The van der Waals surface area contributed by atoms with Crippen LogP contribution in [0.2, 0.25) is 0 Å². The van der Waals surface area contributed by atoms with Gasteiger partial charge in [-0.15, -0.1) is 0 Å². The Balaban J connectivity index is 1.58. The van der Waals surface area contributed by atoms with Crippen molar-refractivity contribution in [2.45, 2.75) is 43.7 Å². The third kappa shape index (κ3) is 2.22. The fraction of sp³-hybridized carbons (Fsp3) is 0.643. The molecule has 0 bridgehead atoms. The van der Waals surface area contributed by atoms with Crippen LogP contribution in [0, 0.1) is 0 Å². The van der Waals surface area contributed by atoms with Crippen molar-refractivity contribution in [1.29, 1.82) is 0 Å². The van der Waals surface area contributed by atoms with Crippen LogP contribution in [0.25, 0.3) is 0 Å². The van der Waals surface area contributed by atoms with Crippen molar-refractivity contribution in [3.8, 4) is 0 Å². The molecule has 1 aromatic rings. The zero-order valence-electron chi connectivity index (χ0n) is 10.8. The number of aromatic nitrogens is 1. The number of pyridine rings is 1. The molecule has 0 unspecified atom stereocenters. The first-order valence-electron chi connectivity index (χ1n) is 6.94. The van der Waals surface area contributed by atoms with Gasteiger partial charge in [0.1, 0.15) is 0 Å². The van der Waals surface area contributed by atoms with E-state index >= 15 is 0 Å². The van der Waals surface area contributed by atoms with Gasteiger partial charge in [0.25, 0.3) is 0 Å². The Kier molecular flexibility index (Phi) is 3.22. The summed E-state index contributed by atoms with van der Waals surface area (Å²) < 4.78 is 0. The maximum Gasteiger partial charge on any atom is 0.0663 e. The Bertz CT molecular complexity index is 406. The smallest absolute Gasteiger partial charge is 0.0663 e. The predicted molar refractivity (Wildman–Crippen MR) is 73.2 cm³/mol. The highest BCUT2D eigenvalue weighted by Crippen LogP contribution is 2.36. The highest BCUT2D eigenvalue weighted by atomic mass is 15.2. The van der Waals surface area contributed by atoms with Crippen molar-refractivity contribution in [2.24, 2.45) is 5.73 Å². The normalized spacial score (nSPS) is 30.1. The van der Waals surface area contributed by atoms with Crippen molar-refractivity contribution in [1.82, 2.24) is 9.88 Å². The highest BCUT2D eigenvalue weighted by Gasteiger charge is 2.33. The van der Waals surface area contributed by atoms with Gasteiger partial charge in [-0.1, -0.05) is 0 Å². The molecule has 98 valence electrons. The SMILES string of the molecule is Nc1cccnc1C1CCC(N2CC(N)C2)CC1. The van der Waals surface area contributed by atoms with E-state index < -0.39 is 0 Å². The van der Waals surface area contributed by atoms with Crippen LogP contribution in [0.1, 0.15) is 37.3 Å². The van der Waals surface area contributed by atoms with Crippen LogP contribution in [0.4, 0.5) is 5.69 Å². The summed E-state index contributed by atoms with van der Waals surface area (Å²) in [5.41, 5.74) is 13.8. The Hall–Kier alpha value is -1.13. The van der Waals surface area contributed by atoms with E-state index in [0.29, 0.717) is 12.0 Å². The lowest BCUT2D eigenvalue weighted by atomic mass is 9.82. The number of likely N-dealkylation sites (tertiary alicyclic amines) is 1. The maximum absolute atomic E-state index is 6.01. The quantitative estimate of drug-likeness (QED) is 0.826. The molecule has 1 aliphatic heterocycles. The van der Waals surface area contributed by atoms with Crippen LogP contribution < -0.4 is 11.5 Å². The summed E-state index contributed by atoms with van der Waals surface area (Å²) in [6.45, 7) is 2.17. The molecule has 0 spiro atoms. The molecule has 3 rings (SSSR count). The van der Waals surface area contributed by atoms with Crippen molar-refractivity contribution in [2.75, 3.05) is 18.8 Å². The molecule has 0 amide bonds. The van der Waals surface area contributed by atoms with Gasteiger partial charge in [0.15, 0.2) is 0 Å². The molecule has 4 N–H and O–H groups in total. The van der Waals surface area contributed by atoms with Gasteiger partial charge < -0.3 is 11.5 Å². The second kappa shape index (κ2) is 4.86. The van der Waals surface area contributed by atoms with Crippen LogP contribution in [0.15, 0.2) is 18.3 Å². The topological polar surface area (TPSA) is 68.2 Å². The van der Waals surface area contributed by atoms with Crippen LogP contribution in [0.5, 0.6) is 0 Å². The van der Waals surface area contributed by atoms with Crippen LogP contribution in [0.3, 0.4) is 0 Å². The zero-order chi connectivity index (χ0) is 12.5. The molecule has 0 aromatic carbocycles. The first-order chi connectivity index (χ1) is 8.74. The minimum Gasteiger partial charge on any atom is -0.397 e. The van der Waals surface area contributed by atoms with Gasteiger partial charge in [0, 0.05) is 37.3 Å². The fourth-order valence-corrected chi connectivity index (χ4v) is 3.33. The van der Waals surface area contributed by atoms with E-state index in [1.54, 1.807) is 0 Å². The summed E-state index contributed by atoms with van der Waals surface area (Å²) in [6, 6.07) is 5.02. The summed E-state index contributed by atoms with van der Waals surface area (Å²) in [6.07, 6.45) is 6.78. The molecule has 1 aliphatic carbocycles. The number of hydrogen-bond acceptors (Lipinski definition) is 4. The molecule has 4 heteroatoms. The van der Waals surface area contributed by atoms with Gasteiger partial charge in [-0.2, -0.15) is 0 Å². The zero-order valence-corrected chi connectivity index (χ0v) is 10.8. The van der Waals surface area contributed by atoms with Crippen LogP contribution in [-0.4, -0.2) is 35.1 Å². The average Bonchev–Trinajstić information content (AvgIpc) is 2.36. The second-order valence-corrected chi connectivity index (χ2v) is 5.70. The van der Waals surface area contributed by atoms with Crippen molar-refractivity contribution in [3.63, 3.8) is 0 Å². The number of hydrogen-bond donors (Lipinski definition) is 2. The molecular weight excluding hydrogens is 224 g/mol. The summed E-state index contributed by atoms with van der Waals surface area (Å²) in [5.74, 6) is 0.553. The van der Waals surface area contributed by atoms with Gasteiger partial charge in [0.05, 0.1) is 11.4 Å². The summed E-state index contributed by atoms with van der Waals surface area (Å²) in [5, 5.41) is 0. The first kappa shape index (κ1) is 11.9. The summed E-state index contributed by atoms with van der Waals surface area (Å²) in [4.78, 5) is 6.99. The number of nitrogen functional groups attached to an aromatic ring is 1. The number of rotatable bonds is 2. The molecule has 18 heavy (non-hydrogen) atoms. The molecule has 0 radical (unpaired) electrons. The van der Waals surface area contributed by atoms with Crippen molar-refractivity contribution >= 4 is 5.69 Å². The maximum atomic E-state index is 6.01. The van der Waals surface area contributed by atoms with E-state index in [0.717, 1.165) is 30.5 Å². The van der Waals surface area contributed by atoms with Crippen LogP contribution in [-0.2, 0) is 0 Å². The van der Waals surface area contributed by atoms with Gasteiger partial charge in [-0.3, -0.25) is 9.88 Å². The van der Waals surface area contributed by atoms with Gasteiger partial charge in [-0.05, 0) is 37.8 Å². The van der Waals surface area contributed by atoms with E-state index in [-0.39, 0.29) is 0 Å². The Morgan fingerprint density at radius 1 is 1.17 bits per heavy atom. The van der Waals surface area contributed by atoms with E-state index in [4.69, 9.17) is 11.5 Å². The van der Waals surface area contributed by atoms with Crippen LogP contribution >= 0.6 is 0 Å². The third-order valence-electron chi connectivity index (χ3n) is 4.41. The predicted octanol–water partition coefficient (Wildman–Crippen LogP) is 1.33. The van der Waals surface area contributed by atoms with Crippen molar-refractivity contribution < 1.29 is 0 Å². The second-order valence-electron chi connectivity index (χ2n) is 5.70. The molecule has 2 fully saturated rings. The lowest BCUT2D eigenvalue weighted by Gasteiger charge is -2.45.